The molecule has 1 saturated heterocycles. The second-order valence-electron chi connectivity index (χ2n) is 7.78. The topological polar surface area (TPSA) is 81.0 Å². The molecule has 0 bridgehead atoms. The van der Waals surface area contributed by atoms with Crippen LogP contribution in [0.5, 0.6) is 0 Å². The fourth-order valence-corrected chi connectivity index (χ4v) is 4.97. The second-order valence-corrected chi connectivity index (χ2v) is 8.64. The number of morpholine rings is 1. The molecule has 5 rings (SSSR count). The van der Waals surface area contributed by atoms with E-state index in [2.05, 4.69) is 61.6 Å². The van der Waals surface area contributed by atoms with Gasteiger partial charge in [-0.25, -0.2) is 9.97 Å². The summed E-state index contributed by atoms with van der Waals surface area (Å²) in [6, 6.07) is 10.4. The normalized spacial score (nSPS) is 14.8. The molecule has 3 aromatic heterocycles. The lowest BCUT2D eigenvalue weighted by molar-refractivity contribution is 0.0331. The molecule has 8 nitrogen and oxygen atoms in total. The van der Waals surface area contributed by atoms with E-state index in [0.29, 0.717) is 0 Å². The average molecular weight is 450 g/mol. The van der Waals surface area contributed by atoms with Crippen LogP contribution in [0.25, 0.3) is 21.3 Å². The fraction of sp³-hybridized carbons (Fsp3) is 0.391. The van der Waals surface area contributed by atoms with Gasteiger partial charge < -0.3 is 14.6 Å². The third-order valence-corrected chi connectivity index (χ3v) is 6.58. The zero-order chi connectivity index (χ0) is 21.8. The van der Waals surface area contributed by atoms with Gasteiger partial charge in [0.05, 0.1) is 25.1 Å². The molecular formula is C23H27N7OS. The van der Waals surface area contributed by atoms with Crippen molar-refractivity contribution in [1.82, 2.24) is 29.6 Å². The van der Waals surface area contributed by atoms with Crippen LogP contribution < -0.4 is 5.32 Å². The van der Waals surface area contributed by atoms with Crippen LogP contribution in [0, 0.1) is 0 Å². The third-order valence-electron chi connectivity index (χ3n) is 5.71. The predicted octanol–water partition coefficient (Wildman–Crippen LogP) is 3.46. The summed E-state index contributed by atoms with van der Waals surface area (Å²) in [6.07, 6.45) is 2.56. The SMILES string of the molecule is CCn1cnnc1CCNc1nc(CN2CCOCC2)nc2scc(-c3ccccc3)c12. The molecule has 0 radical (unpaired) electrons. The van der Waals surface area contributed by atoms with Crippen LogP contribution in [-0.2, 0) is 24.2 Å². The quantitative estimate of drug-likeness (QED) is 0.441. The van der Waals surface area contributed by atoms with Gasteiger partial charge in [-0.15, -0.1) is 21.5 Å². The summed E-state index contributed by atoms with van der Waals surface area (Å²) < 4.78 is 7.56. The number of rotatable bonds is 8. The van der Waals surface area contributed by atoms with E-state index in [9.17, 15) is 0 Å². The standard InChI is InChI=1S/C23H27N7OS/c1-2-30-16-25-28-20(30)8-9-24-22-21-18(17-6-4-3-5-7-17)15-32-23(21)27-19(26-22)14-29-10-12-31-13-11-29/h3-7,15-16H,2,8-14H2,1H3,(H,24,26,27). The molecule has 0 atom stereocenters. The summed E-state index contributed by atoms with van der Waals surface area (Å²) in [6.45, 7) is 7.79. The number of fused-ring (bicyclic) bond motifs is 1. The molecule has 32 heavy (non-hydrogen) atoms. The molecule has 1 aliphatic rings. The van der Waals surface area contributed by atoms with Gasteiger partial charge in [-0.2, -0.15) is 0 Å². The molecule has 0 saturated carbocycles. The summed E-state index contributed by atoms with van der Waals surface area (Å²) in [5.74, 6) is 2.72. The van der Waals surface area contributed by atoms with Crippen molar-refractivity contribution in [2.45, 2.75) is 26.4 Å². The van der Waals surface area contributed by atoms with Crippen LogP contribution >= 0.6 is 11.3 Å². The van der Waals surface area contributed by atoms with Crippen LogP contribution in [0.2, 0.25) is 0 Å². The van der Waals surface area contributed by atoms with Gasteiger partial charge in [0.25, 0.3) is 0 Å². The summed E-state index contributed by atoms with van der Waals surface area (Å²) >= 11 is 1.68. The number of ether oxygens (including phenoxy) is 1. The van der Waals surface area contributed by atoms with Crippen molar-refractivity contribution in [3.05, 3.63) is 53.7 Å². The van der Waals surface area contributed by atoms with Gasteiger partial charge in [0.1, 0.15) is 28.6 Å². The third kappa shape index (κ3) is 4.50. The highest BCUT2D eigenvalue weighted by Crippen LogP contribution is 2.37. The lowest BCUT2D eigenvalue weighted by atomic mass is 10.1. The van der Waals surface area contributed by atoms with E-state index < -0.39 is 0 Å². The van der Waals surface area contributed by atoms with E-state index in [4.69, 9.17) is 14.7 Å². The minimum Gasteiger partial charge on any atom is -0.379 e. The Hall–Kier alpha value is -2.88. The smallest absolute Gasteiger partial charge is 0.146 e. The zero-order valence-electron chi connectivity index (χ0n) is 18.2. The highest BCUT2D eigenvalue weighted by atomic mass is 32.1. The predicted molar refractivity (Wildman–Crippen MR) is 127 cm³/mol. The maximum atomic E-state index is 5.49. The Bertz CT molecular complexity index is 1170. The summed E-state index contributed by atoms with van der Waals surface area (Å²) in [4.78, 5) is 13.3. The van der Waals surface area contributed by atoms with Crippen LogP contribution in [-0.4, -0.2) is 62.5 Å². The maximum Gasteiger partial charge on any atom is 0.146 e. The number of anilines is 1. The van der Waals surface area contributed by atoms with E-state index in [0.717, 1.165) is 80.0 Å². The molecule has 0 unspecified atom stereocenters. The lowest BCUT2D eigenvalue weighted by Gasteiger charge is -2.25. The Morgan fingerprint density at radius 1 is 1.12 bits per heavy atom. The van der Waals surface area contributed by atoms with Crippen molar-refractivity contribution < 1.29 is 4.74 Å². The largest absolute Gasteiger partial charge is 0.379 e. The molecule has 0 amide bonds. The van der Waals surface area contributed by atoms with Crippen molar-refractivity contribution >= 4 is 27.4 Å². The average Bonchev–Trinajstić information content (AvgIpc) is 3.47. The van der Waals surface area contributed by atoms with Gasteiger partial charge in [-0.1, -0.05) is 30.3 Å². The van der Waals surface area contributed by atoms with Crippen molar-refractivity contribution in [1.29, 1.82) is 0 Å². The number of benzene rings is 1. The summed E-state index contributed by atoms with van der Waals surface area (Å²) in [5.41, 5.74) is 2.35. The minimum absolute atomic E-state index is 0.728. The highest BCUT2D eigenvalue weighted by molar-refractivity contribution is 7.17. The summed E-state index contributed by atoms with van der Waals surface area (Å²) in [5, 5.41) is 15.1. The molecule has 4 heterocycles. The van der Waals surface area contributed by atoms with Crippen molar-refractivity contribution in [3.63, 3.8) is 0 Å². The minimum atomic E-state index is 0.728. The number of thiophene rings is 1. The molecule has 166 valence electrons. The van der Waals surface area contributed by atoms with Gasteiger partial charge in [-0.05, 0) is 12.5 Å². The van der Waals surface area contributed by atoms with Crippen molar-refractivity contribution in [2.75, 3.05) is 38.2 Å². The number of nitrogens with zero attached hydrogens (tertiary/aromatic N) is 6. The first-order valence-corrected chi connectivity index (χ1v) is 11.9. The molecule has 4 aromatic rings. The monoisotopic (exact) mass is 449 g/mol. The van der Waals surface area contributed by atoms with Crippen molar-refractivity contribution in [2.24, 2.45) is 0 Å². The molecule has 1 aromatic carbocycles. The van der Waals surface area contributed by atoms with E-state index in [1.807, 2.05) is 6.07 Å². The van der Waals surface area contributed by atoms with Crippen LogP contribution in [0.3, 0.4) is 0 Å². The van der Waals surface area contributed by atoms with Gasteiger partial charge in [0.2, 0.25) is 0 Å². The number of aryl methyl sites for hydroxylation is 1. The van der Waals surface area contributed by atoms with Crippen LogP contribution in [0.4, 0.5) is 5.82 Å². The second kappa shape index (κ2) is 9.72. The van der Waals surface area contributed by atoms with Crippen LogP contribution in [0.15, 0.2) is 42.0 Å². The van der Waals surface area contributed by atoms with E-state index in [1.165, 1.54) is 11.1 Å². The first-order chi connectivity index (χ1) is 15.8. The van der Waals surface area contributed by atoms with E-state index >= 15 is 0 Å². The van der Waals surface area contributed by atoms with E-state index in [1.54, 1.807) is 17.7 Å². The molecule has 9 heteroatoms. The first kappa shape index (κ1) is 21.0. The molecule has 0 spiro atoms. The van der Waals surface area contributed by atoms with Crippen molar-refractivity contribution in [3.8, 4) is 11.1 Å². The number of hydrogen-bond acceptors (Lipinski definition) is 8. The Kier molecular flexibility index (Phi) is 6.38. The Labute approximate surface area is 191 Å². The number of aromatic nitrogens is 5. The van der Waals surface area contributed by atoms with Gasteiger partial charge >= 0.3 is 0 Å². The molecule has 1 fully saturated rings. The zero-order valence-corrected chi connectivity index (χ0v) is 19.0. The molecule has 0 aliphatic carbocycles. The van der Waals surface area contributed by atoms with Crippen LogP contribution in [0.1, 0.15) is 18.6 Å². The van der Waals surface area contributed by atoms with Gasteiger partial charge in [0.15, 0.2) is 0 Å². The van der Waals surface area contributed by atoms with Gasteiger partial charge in [-0.3, -0.25) is 4.90 Å². The maximum absolute atomic E-state index is 5.49. The highest BCUT2D eigenvalue weighted by Gasteiger charge is 2.18. The molecule has 1 N–H and O–H groups in total. The van der Waals surface area contributed by atoms with Gasteiger partial charge in [0, 0.05) is 43.5 Å². The summed E-state index contributed by atoms with van der Waals surface area (Å²) in [7, 11) is 0. The fourth-order valence-electron chi connectivity index (χ4n) is 4.00. The lowest BCUT2D eigenvalue weighted by Crippen LogP contribution is -2.36. The van der Waals surface area contributed by atoms with E-state index in [-0.39, 0.29) is 0 Å². The number of hydrogen-bond donors (Lipinski definition) is 1. The Morgan fingerprint density at radius 3 is 2.78 bits per heavy atom. The molecular weight excluding hydrogens is 422 g/mol. The Balaban J connectivity index is 1.45. The first-order valence-electron chi connectivity index (χ1n) is 11.1. The Morgan fingerprint density at radius 2 is 1.97 bits per heavy atom. The number of nitrogens with one attached hydrogen (secondary N) is 1. The molecule has 1 aliphatic heterocycles.